The zero-order valence-corrected chi connectivity index (χ0v) is 15.7. The molecule has 146 valence electrons. The molecule has 4 rings (SSSR count). The molecule has 1 unspecified atom stereocenters. The lowest BCUT2D eigenvalue weighted by Crippen LogP contribution is -2.38. The predicted octanol–water partition coefficient (Wildman–Crippen LogP) is 3.52. The highest BCUT2D eigenvalue weighted by Gasteiger charge is 2.28. The van der Waals surface area contributed by atoms with Gasteiger partial charge < -0.3 is 19.7 Å². The minimum Gasteiger partial charge on any atom is -0.482 e. The quantitative estimate of drug-likeness (QED) is 0.846. The van der Waals surface area contributed by atoms with Crippen molar-refractivity contribution >= 4 is 34.8 Å². The number of carbonyl (C=O) groups excluding carboxylic acids is 2. The highest BCUT2D eigenvalue weighted by Crippen LogP contribution is 2.36. The van der Waals surface area contributed by atoms with Crippen LogP contribution in [-0.4, -0.2) is 31.1 Å². The summed E-state index contributed by atoms with van der Waals surface area (Å²) in [5.41, 5.74) is 1.17. The number of hydrogen-bond donors (Lipinski definition) is 1. The Morgan fingerprint density at radius 2 is 2.18 bits per heavy atom. The lowest BCUT2D eigenvalue weighted by atomic mass is 10.1. The molecule has 1 fully saturated rings. The van der Waals surface area contributed by atoms with Crippen LogP contribution >= 0.6 is 11.6 Å². The van der Waals surface area contributed by atoms with Crippen molar-refractivity contribution in [3.05, 3.63) is 52.8 Å². The van der Waals surface area contributed by atoms with Gasteiger partial charge in [0.15, 0.2) is 6.61 Å². The summed E-state index contributed by atoms with van der Waals surface area (Å²) in [5, 5.41) is 3.04. The number of halogens is 2. The van der Waals surface area contributed by atoms with Crippen LogP contribution in [-0.2, 0) is 20.9 Å². The van der Waals surface area contributed by atoms with Crippen molar-refractivity contribution in [3.8, 4) is 5.75 Å². The first-order valence-corrected chi connectivity index (χ1v) is 9.33. The number of carbonyl (C=O) groups is 2. The average molecular weight is 405 g/mol. The van der Waals surface area contributed by atoms with Crippen LogP contribution in [0.2, 0.25) is 5.02 Å². The van der Waals surface area contributed by atoms with Crippen molar-refractivity contribution in [2.45, 2.75) is 25.5 Å². The molecule has 6 nitrogen and oxygen atoms in total. The van der Waals surface area contributed by atoms with E-state index in [2.05, 4.69) is 5.32 Å². The Bertz CT molecular complexity index is 910. The molecule has 8 heteroatoms. The molecule has 0 spiro atoms. The maximum atomic E-state index is 14.2. The Morgan fingerprint density at radius 1 is 1.32 bits per heavy atom. The van der Waals surface area contributed by atoms with Gasteiger partial charge in [0.05, 0.1) is 12.2 Å². The molecule has 2 aromatic rings. The van der Waals surface area contributed by atoms with E-state index >= 15 is 0 Å². The molecule has 28 heavy (non-hydrogen) atoms. The number of ether oxygens (including phenoxy) is 2. The van der Waals surface area contributed by atoms with E-state index < -0.39 is 11.9 Å². The van der Waals surface area contributed by atoms with E-state index in [0.717, 1.165) is 6.42 Å². The third kappa shape index (κ3) is 3.68. The first-order chi connectivity index (χ1) is 13.5. The van der Waals surface area contributed by atoms with Crippen LogP contribution < -0.4 is 15.0 Å². The van der Waals surface area contributed by atoms with Gasteiger partial charge in [-0.3, -0.25) is 9.59 Å². The van der Waals surface area contributed by atoms with Gasteiger partial charge in [0, 0.05) is 22.9 Å². The van der Waals surface area contributed by atoms with Crippen LogP contribution in [0.1, 0.15) is 18.4 Å². The summed E-state index contributed by atoms with van der Waals surface area (Å²) in [5.74, 6) is -0.572. The first-order valence-electron chi connectivity index (χ1n) is 8.95. The zero-order valence-electron chi connectivity index (χ0n) is 14.9. The molecule has 0 radical (unpaired) electrons. The molecule has 2 aromatic carbocycles. The molecule has 2 aliphatic heterocycles. The van der Waals surface area contributed by atoms with Crippen LogP contribution in [0, 0.1) is 5.82 Å². The van der Waals surface area contributed by atoms with Crippen molar-refractivity contribution in [2.75, 3.05) is 23.4 Å². The lowest BCUT2D eigenvalue weighted by molar-refractivity contribution is -0.124. The molecule has 0 aliphatic carbocycles. The van der Waals surface area contributed by atoms with Crippen LogP contribution in [0.15, 0.2) is 36.4 Å². The fraction of sp³-hybridized carbons (Fsp3) is 0.300. The molecular formula is C20H18ClFN2O4. The summed E-state index contributed by atoms with van der Waals surface area (Å²) in [7, 11) is 0. The highest BCUT2D eigenvalue weighted by atomic mass is 35.5. The summed E-state index contributed by atoms with van der Waals surface area (Å²) >= 11 is 6.12. The fourth-order valence-corrected chi connectivity index (χ4v) is 3.52. The van der Waals surface area contributed by atoms with Gasteiger partial charge in [-0.25, -0.2) is 4.39 Å². The zero-order chi connectivity index (χ0) is 19.7. The number of amides is 2. The topological polar surface area (TPSA) is 67.9 Å². The second-order valence-electron chi connectivity index (χ2n) is 6.64. The van der Waals surface area contributed by atoms with Gasteiger partial charge in [-0.1, -0.05) is 17.7 Å². The van der Waals surface area contributed by atoms with Gasteiger partial charge in [-0.05, 0) is 43.2 Å². The Balaban J connectivity index is 1.61. The largest absolute Gasteiger partial charge is 0.482 e. The molecule has 2 heterocycles. The Labute approximate surface area is 166 Å². The van der Waals surface area contributed by atoms with E-state index in [-0.39, 0.29) is 35.6 Å². The second kappa shape index (κ2) is 7.77. The number of hydrogen-bond acceptors (Lipinski definition) is 4. The van der Waals surface area contributed by atoms with Crippen LogP contribution in [0.25, 0.3) is 0 Å². The molecular weight excluding hydrogens is 387 g/mol. The smallest absolute Gasteiger partial charge is 0.265 e. The number of fused-ring (bicyclic) bond motifs is 1. The van der Waals surface area contributed by atoms with Crippen molar-refractivity contribution in [2.24, 2.45) is 0 Å². The molecule has 0 aromatic heterocycles. The van der Waals surface area contributed by atoms with Gasteiger partial charge in [-0.2, -0.15) is 0 Å². The second-order valence-corrected chi connectivity index (χ2v) is 7.05. The van der Waals surface area contributed by atoms with Gasteiger partial charge in [-0.15, -0.1) is 0 Å². The van der Waals surface area contributed by atoms with Crippen molar-refractivity contribution in [3.63, 3.8) is 0 Å². The molecule has 2 amide bonds. The highest BCUT2D eigenvalue weighted by molar-refractivity contribution is 6.31. The summed E-state index contributed by atoms with van der Waals surface area (Å²) in [6.07, 6.45) is 1.06. The van der Waals surface area contributed by atoms with Crippen molar-refractivity contribution in [1.82, 2.24) is 0 Å². The summed E-state index contributed by atoms with van der Waals surface area (Å²) in [6, 6.07) is 9.37. The van der Waals surface area contributed by atoms with Crippen molar-refractivity contribution < 1.29 is 23.5 Å². The minimum atomic E-state index is -0.490. The Morgan fingerprint density at radius 3 is 2.93 bits per heavy atom. The van der Waals surface area contributed by atoms with Crippen LogP contribution in [0.3, 0.4) is 0 Å². The van der Waals surface area contributed by atoms with E-state index in [1.54, 1.807) is 24.3 Å². The molecule has 1 saturated heterocycles. The minimum absolute atomic E-state index is 0.0379. The first kappa shape index (κ1) is 18.7. The van der Waals surface area contributed by atoms with Gasteiger partial charge in [0.1, 0.15) is 17.7 Å². The average Bonchev–Trinajstić information content (AvgIpc) is 3.21. The Hall–Kier alpha value is -2.64. The lowest BCUT2D eigenvalue weighted by Gasteiger charge is -2.30. The van der Waals surface area contributed by atoms with Crippen LogP contribution in [0.4, 0.5) is 15.8 Å². The number of benzene rings is 2. The van der Waals surface area contributed by atoms with Gasteiger partial charge in [0.2, 0.25) is 0 Å². The van der Waals surface area contributed by atoms with Crippen molar-refractivity contribution in [1.29, 1.82) is 0 Å². The monoisotopic (exact) mass is 404 g/mol. The molecule has 1 atom stereocenters. The standard InChI is InChI=1S/C20H18ClFN2O4/c21-14-3-1-4-15(22)13(14)10-24-16-9-12(6-7-17(16)28-11-19(24)25)23-20(26)18-5-2-8-27-18/h1,3-4,6-7,9,18H,2,5,8,10-11H2,(H,23,26). The number of rotatable bonds is 4. The SMILES string of the molecule is O=C(Nc1ccc2c(c1)N(Cc1c(F)cccc1Cl)C(=O)CO2)C1CCCO1. The summed E-state index contributed by atoms with van der Waals surface area (Å²) in [6.45, 7) is 0.381. The maximum absolute atomic E-state index is 14.2. The third-order valence-corrected chi connectivity index (χ3v) is 5.12. The normalized spacial score (nSPS) is 18.6. The van der Waals surface area contributed by atoms with Gasteiger partial charge >= 0.3 is 0 Å². The van der Waals surface area contributed by atoms with Gasteiger partial charge in [0.25, 0.3) is 11.8 Å². The van der Waals surface area contributed by atoms with E-state index in [4.69, 9.17) is 21.1 Å². The summed E-state index contributed by atoms with van der Waals surface area (Å²) in [4.78, 5) is 26.2. The maximum Gasteiger partial charge on any atom is 0.265 e. The van der Waals surface area contributed by atoms with E-state index in [0.29, 0.717) is 30.2 Å². The molecule has 2 aliphatic rings. The Kier molecular flexibility index (Phi) is 5.19. The molecule has 0 saturated carbocycles. The number of nitrogens with one attached hydrogen (secondary N) is 1. The van der Waals surface area contributed by atoms with E-state index in [1.807, 2.05) is 0 Å². The predicted molar refractivity (Wildman–Crippen MR) is 102 cm³/mol. The van der Waals surface area contributed by atoms with E-state index in [9.17, 15) is 14.0 Å². The number of nitrogens with zero attached hydrogens (tertiary/aromatic N) is 1. The fourth-order valence-electron chi connectivity index (χ4n) is 3.30. The number of anilines is 2. The third-order valence-electron chi connectivity index (χ3n) is 4.77. The molecule has 1 N–H and O–H groups in total. The van der Waals surface area contributed by atoms with Crippen LogP contribution in [0.5, 0.6) is 5.75 Å². The molecule has 0 bridgehead atoms. The summed E-state index contributed by atoms with van der Waals surface area (Å²) < 4.78 is 25.1. The van der Waals surface area contributed by atoms with E-state index in [1.165, 1.54) is 17.0 Å².